The molecule has 0 saturated carbocycles. The number of ketones is 1. The van der Waals surface area contributed by atoms with E-state index in [1.807, 2.05) is 32.0 Å². The number of carbonyl (C=O) groups is 2. The summed E-state index contributed by atoms with van der Waals surface area (Å²) in [5, 5.41) is -0.0474. The van der Waals surface area contributed by atoms with Gasteiger partial charge in [0.25, 0.3) is 0 Å². The van der Waals surface area contributed by atoms with Gasteiger partial charge >= 0.3 is 0 Å². The molecule has 1 N–H and O–H groups in total. The number of furan rings is 1. The maximum atomic E-state index is 11.9. The number of thioether (sulfide) groups is 1. The molecule has 0 radical (unpaired) electrons. The lowest BCUT2D eigenvalue weighted by Gasteiger charge is -2.05. The second-order valence-corrected chi connectivity index (χ2v) is 6.76. The molecule has 2 aromatic rings. The van der Waals surface area contributed by atoms with Crippen molar-refractivity contribution in [1.82, 2.24) is 0 Å². The number of anilines is 1. The molecule has 0 atom stereocenters. The molecule has 0 saturated heterocycles. The SMILES string of the molecule is CC(=O)SCC(=O)c1ccc(NSc2cc(C)oc2C)cc1. The molecule has 1 aromatic heterocycles. The normalized spacial score (nSPS) is 10.5. The number of hydrogen-bond donors (Lipinski definition) is 1. The average Bonchev–Trinajstić information content (AvgIpc) is 2.81. The minimum atomic E-state index is -0.0474. The zero-order valence-corrected chi connectivity index (χ0v) is 14.3. The fourth-order valence-corrected chi connectivity index (χ4v) is 3.07. The van der Waals surface area contributed by atoms with Gasteiger partial charge in [-0.15, -0.1) is 0 Å². The average molecular weight is 335 g/mol. The van der Waals surface area contributed by atoms with Gasteiger partial charge in [0.05, 0.1) is 10.6 Å². The van der Waals surface area contributed by atoms with Crippen LogP contribution in [0, 0.1) is 13.8 Å². The van der Waals surface area contributed by atoms with Crippen LogP contribution in [-0.2, 0) is 4.79 Å². The molecule has 0 aliphatic heterocycles. The number of benzene rings is 1. The Bertz CT molecular complexity index is 677. The molecule has 22 heavy (non-hydrogen) atoms. The molecule has 0 aliphatic rings. The molecular formula is C16H17NO3S2. The summed E-state index contributed by atoms with van der Waals surface area (Å²) in [4.78, 5) is 23.8. The Labute approximate surface area is 138 Å². The van der Waals surface area contributed by atoms with Crippen LogP contribution >= 0.6 is 23.7 Å². The summed E-state index contributed by atoms with van der Waals surface area (Å²) in [5.74, 6) is 1.90. The first-order valence-corrected chi connectivity index (χ1v) is 8.52. The summed E-state index contributed by atoms with van der Waals surface area (Å²) < 4.78 is 8.68. The summed E-state index contributed by atoms with van der Waals surface area (Å²) in [6, 6.07) is 9.20. The first-order chi connectivity index (χ1) is 10.5. The van der Waals surface area contributed by atoms with Crippen LogP contribution in [0.3, 0.4) is 0 Å². The van der Waals surface area contributed by atoms with Crippen LogP contribution in [0.25, 0.3) is 0 Å². The lowest BCUT2D eigenvalue weighted by atomic mass is 10.1. The van der Waals surface area contributed by atoms with Gasteiger partial charge in [-0.25, -0.2) is 0 Å². The van der Waals surface area contributed by atoms with Gasteiger partial charge < -0.3 is 9.14 Å². The van der Waals surface area contributed by atoms with Crippen molar-refractivity contribution in [2.24, 2.45) is 0 Å². The fraction of sp³-hybridized carbons (Fsp3) is 0.250. The molecule has 6 heteroatoms. The predicted molar refractivity (Wildman–Crippen MR) is 91.6 cm³/mol. The van der Waals surface area contributed by atoms with Crippen molar-refractivity contribution in [2.75, 3.05) is 10.5 Å². The molecular weight excluding hydrogens is 318 g/mol. The second kappa shape index (κ2) is 7.56. The van der Waals surface area contributed by atoms with E-state index >= 15 is 0 Å². The van der Waals surface area contributed by atoms with Gasteiger partial charge in [0, 0.05) is 18.2 Å². The molecule has 1 aromatic carbocycles. The topological polar surface area (TPSA) is 59.3 Å². The third kappa shape index (κ3) is 4.68. The predicted octanol–water partition coefficient (Wildman–Crippen LogP) is 4.48. The van der Waals surface area contributed by atoms with Crippen LogP contribution in [-0.4, -0.2) is 16.7 Å². The zero-order valence-electron chi connectivity index (χ0n) is 12.6. The molecule has 0 aliphatic carbocycles. The van der Waals surface area contributed by atoms with Crippen molar-refractivity contribution in [3.63, 3.8) is 0 Å². The molecule has 0 bridgehead atoms. The summed E-state index contributed by atoms with van der Waals surface area (Å²) in [7, 11) is 0. The number of Topliss-reactive ketones (excluding diaryl/α,β-unsaturated/α-hetero) is 1. The highest BCUT2D eigenvalue weighted by atomic mass is 32.2. The number of aryl methyl sites for hydroxylation is 2. The van der Waals surface area contributed by atoms with Gasteiger partial charge in [0.2, 0.25) is 0 Å². The van der Waals surface area contributed by atoms with Crippen LogP contribution in [0.4, 0.5) is 5.69 Å². The number of nitrogens with one attached hydrogen (secondary N) is 1. The Morgan fingerprint density at radius 2 is 1.86 bits per heavy atom. The summed E-state index contributed by atoms with van der Waals surface area (Å²) in [6.45, 7) is 5.30. The highest BCUT2D eigenvalue weighted by Gasteiger charge is 2.08. The second-order valence-electron chi connectivity index (χ2n) is 4.76. The minimum Gasteiger partial charge on any atom is -0.465 e. The molecule has 2 rings (SSSR count). The Kier molecular flexibility index (Phi) is 5.74. The van der Waals surface area contributed by atoms with E-state index in [0.717, 1.165) is 33.9 Å². The van der Waals surface area contributed by atoms with Crippen molar-refractivity contribution in [1.29, 1.82) is 0 Å². The number of rotatable bonds is 6. The lowest BCUT2D eigenvalue weighted by Crippen LogP contribution is -2.03. The van der Waals surface area contributed by atoms with Gasteiger partial charge in [-0.2, -0.15) is 0 Å². The van der Waals surface area contributed by atoms with Crippen LogP contribution in [0.2, 0.25) is 0 Å². The van der Waals surface area contributed by atoms with Crippen molar-refractivity contribution >= 4 is 40.3 Å². The van der Waals surface area contributed by atoms with Crippen LogP contribution in [0.5, 0.6) is 0 Å². The highest BCUT2D eigenvalue weighted by Crippen LogP contribution is 2.27. The molecule has 4 nitrogen and oxygen atoms in total. The number of carbonyl (C=O) groups excluding carboxylic acids is 2. The molecule has 0 unspecified atom stereocenters. The molecule has 0 fully saturated rings. The van der Waals surface area contributed by atoms with Gasteiger partial charge in [-0.1, -0.05) is 11.8 Å². The van der Waals surface area contributed by atoms with E-state index in [1.165, 1.54) is 18.9 Å². The smallest absolute Gasteiger partial charge is 0.186 e. The summed E-state index contributed by atoms with van der Waals surface area (Å²) >= 11 is 2.50. The fourth-order valence-electron chi connectivity index (χ4n) is 1.80. The van der Waals surface area contributed by atoms with E-state index in [-0.39, 0.29) is 16.7 Å². The standard InChI is InChI=1S/C16H17NO3S2/c1-10-8-16(11(2)20-10)22-17-14-6-4-13(5-7-14)15(19)9-21-12(3)18/h4-8,17H,9H2,1-3H3. The van der Waals surface area contributed by atoms with Gasteiger partial charge in [0.1, 0.15) is 11.5 Å². The molecule has 0 amide bonds. The van der Waals surface area contributed by atoms with Crippen molar-refractivity contribution in [3.8, 4) is 0 Å². The Morgan fingerprint density at radius 3 is 2.41 bits per heavy atom. The van der Waals surface area contributed by atoms with E-state index in [2.05, 4.69) is 4.72 Å². The Hall–Kier alpha value is -1.66. The van der Waals surface area contributed by atoms with Gasteiger partial charge in [0.15, 0.2) is 10.9 Å². The maximum Gasteiger partial charge on any atom is 0.186 e. The van der Waals surface area contributed by atoms with Crippen LogP contribution in [0.15, 0.2) is 39.6 Å². The zero-order chi connectivity index (χ0) is 16.1. The van der Waals surface area contributed by atoms with Crippen molar-refractivity contribution in [2.45, 2.75) is 25.7 Å². The third-order valence-corrected chi connectivity index (χ3v) is 4.66. The van der Waals surface area contributed by atoms with E-state index in [0.29, 0.717) is 5.56 Å². The monoisotopic (exact) mass is 335 g/mol. The van der Waals surface area contributed by atoms with Crippen LogP contribution in [0.1, 0.15) is 28.8 Å². The largest absolute Gasteiger partial charge is 0.465 e. The first kappa shape index (κ1) is 16.7. The first-order valence-electron chi connectivity index (χ1n) is 6.72. The highest BCUT2D eigenvalue weighted by molar-refractivity contribution is 8.14. The maximum absolute atomic E-state index is 11.9. The third-order valence-electron chi connectivity index (χ3n) is 2.89. The summed E-state index contributed by atoms with van der Waals surface area (Å²) in [5.41, 5.74) is 1.51. The van der Waals surface area contributed by atoms with Gasteiger partial charge in [-0.3, -0.25) is 9.59 Å². The summed E-state index contributed by atoms with van der Waals surface area (Å²) in [6.07, 6.45) is 0. The molecule has 0 spiro atoms. The molecule has 1 heterocycles. The van der Waals surface area contributed by atoms with E-state index in [1.54, 1.807) is 12.1 Å². The molecule has 116 valence electrons. The van der Waals surface area contributed by atoms with Crippen molar-refractivity contribution < 1.29 is 14.0 Å². The lowest BCUT2D eigenvalue weighted by molar-refractivity contribution is -0.109. The number of hydrogen-bond acceptors (Lipinski definition) is 6. The van der Waals surface area contributed by atoms with Gasteiger partial charge in [-0.05, 0) is 56.1 Å². The van der Waals surface area contributed by atoms with E-state index < -0.39 is 0 Å². The quantitative estimate of drug-likeness (QED) is 0.620. The van der Waals surface area contributed by atoms with Crippen LogP contribution < -0.4 is 4.72 Å². The Balaban J connectivity index is 1.93. The van der Waals surface area contributed by atoms with Crippen molar-refractivity contribution in [3.05, 3.63) is 47.4 Å². The minimum absolute atomic E-state index is 0.0410. The Morgan fingerprint density at radius 1 is 1.18 bits per heavy atom. The van der Waals surface area contributed by atoms with E-state index in [4.69, 9.17) is 4.42 Å². The van der Waals surface area contributed by atoms with E-state index in [9.17, 15) is 9.59 Å².